The maximum absolute atomic E-state index is 13.0. The molecule has 0 spiro atoms. The maximum atomic E-state index is 13.0. The quantitative estimate of drug-likeness (QED) is 0.818. The Labute approximate surface area is 104 Å². The molecule has 1 aromatic carbocycles. The highest BCUT2D eigenvalue weighted by Crippen LogP contribution is 2.31. The van der Waals surface area contributed by atoms with Crippen molar-refractivity contribution in [3.05, 3.63) is 35.1 Å². The smallest absolute Gasteiger partial charge is 0.312 e. The van der Waals surface area contributed by atoms with Crippen molar-refractivity contribution in [2.45, 2.75) is 38.9 Å². The molecule has 0 aromatic heterocycles. The van der Waals surface area contributed by atoms with Crippen LogP contribution in [-0.2, 0) is 12.6 Å². The predicted octanol–water partition coefficient (Wildman–Crippen LogP) is 3.78. The second-order valence-corrected chi connectivity index (χ2v) is 5.24. The van der Waals surface area contributed by atoms with Crippen LogP contribution in [0.5, 0.6) is 0 Å². The lowest BCUT2D eigenvalue weighted by Gasteiger charge is -2.20. The van der Waals surface area contributed by atoms with E-state index in [0.717, 1.165) is 12.1 Å². The van der Waals surface area contributed by atoms with Gasteiger partial charge in [-0.25, -0.2) is 4.39 Å². The van der Waals surface area contributed by atoms with Crippen molar-refractivity contribution in [1.82, 2.24) is 5.32 Å². The zero-order valence-electron chi connectivity index (χ0n) is 10.7. The molecular formula is C13H17F4N. The largest absolute Gasteiger partial charge is 0.419 e. The van der Waals surface area contributed by atoms with E-state index in [1.165, 1.54) is 6.07 Å². The fourth-order valence-electron chi connectivity index (χ4n) is 1.53. The van der Waals surface area contributed by atoms with Crippen molar-refractivity contribution in [3.8, 4) is 0 Å². The van der Waals surface area contributed by atoms with E-state index in [4.69, 9.17) is 0 Å². The first kappa shape index (κ1) is 15.0. The molecule has 0 unspecified atom stereocenters. The first-order valence-corrected chi connectivity index (χ1v) is 5.70. The lowest BCUT2D eigenvalue weighted by molar-refractivity contribution is -0.140. The van der Waals surface area contributed by atoms with Crippen molar-refractivity contribution in [2.75, 3.05) is 6.54 Å². The van der Waals surface area contributed by atoms with Gasteiger partial charge in [0.15, 0.2) is 0 Å². The highest BCUT2D eigenvalue weighted by atomic mass is 19.4. The first-order chi connectivity index (χ1) is 8.09. The minimum atomic E-state index is -4.64. The van der Waals surface area contributed by atoms with Crippen molar-refractivity contribution >= 4 is 0 Å². The Morgan fingerprint density at radius 2 is 1.72 bits per heavy atom. The van der Waals surface area contributed by atoms with Crippen LogP contribution < -0.4 is 5.32 Å². The van der Waals surface area contributed by atoms with Crippen LogP contribution in [0.2, 0.25) is 0 Å². The van der Waals surface area contributed by atoms with Gasteiger partial charge in [-0.05, 0) is 51.4 Å². The van der Waals surface area contributed by atoms with Crippen molar-refractivity contribution < 1.29 is 17.6 Å². The average molecular weight is 263 g/mol. The summed E-state index contributed by atoms with van der Waals surface area (Å²) in [6.07, 6.45) is -4.21. The SMILES string of the molecule is CC(C)(C)NCCc1ccc(F)c(C(F)(F)F)c1. The number of halogens is 4. The Kier molecular flexibility index (Phi) is 4.37. The first-order valence-electron chi connectivity index (χ1n) is 5.70. The molecule has 0 saturated heterocycles. The Morgan fingerprint density at radius 3 is 2.22 bits per heavy atom. The Morgan fingerprint density at radius 1 is 1.11 bits per heavy atom. The highest BCUT2D eigenvalue weighted by molar-refractivity contribution is 5.27. The minimum absolute atomic E-state index is 0.0904. The van der Waals surface area contributed by atoms with E-state index in [1.54, 1.807) is 0 Å². The summed E-state index contributed by atoms with van der Waals surface area (Å²) in [6.45, 7) is 6.46. The topological polar surface area (TPSA) is 12.0 Å². The van der Waals surface area contributed by atoms with E-state index in [2.05, 4.69) is 5.32 Å². The van der Waals surface area contributed by atoms with Crippen LogP contribution in [-0.4, -0.2) is 12.1 Å². The van der Waals surface area contributed by atoms with Gasteiger partial charge in [-0.15, -0.1) is 0 Å². The molecule has 0 aliphatic heterocycles. The Hall–Kier alpha value is -1.10. The molecule has 0 amide bonds. The number of nitrogens with one attached hydrogen (secondary N) is 1. The number of rotatable bonds is 3. The van der Waals surface area contributed by atoms with Gasteiger partial charge in [-0.2, -0.15) is 13.2 Å². The second-order valence-electron chi connectivity index (χ2n) is 5.24. The molecule has 1 aromatic rings. The van der Waals surface area contributed by atoms with Gasteiger partial charge in [0.05, 0.1) is 5.56 Å². The van der Waals surface area contributed by atoms with Crippen molar-refractivity contribution in [2.24, 2.45) is 0 Å². The van der Waals surface area contributed by atoms with Gasteiger partial charge in [-0.1, -0.05) is 6.07 Å². The zero-order valence-corrected chi connectivity index (χ0v) is 10.7. The molecule has 18 heavy (non-hydrogen) atoms. The summed E-state index contributed by atoms with van der Waals surface area (Å²) < 4.78 is 50.5. The predicted molar refractivity (Wildman–Crippen MR) is 62.9 cm³/mol. The van der Waals surface area contributed by atoms with Crippen LogP contribution in [0.1, 0.15) is 31.9 Å². The van der Waals surface area contributed by atoms with Crippen LogP contribution in [0.15, 0.2) is 18.2 Å². The number of benzene rings is 1. The molecule has 0 bridgehead atoms. The fourth-order valence-corrected chi connectivity index (χ4v) is 1.53. The highest BCUT2D eigenvalue weighted by Gasteiger charge is 2.34. The molecule has 0 atom stereocenters. The van der Waals surface area contributed by atoms with Crippen LogP contribution in [0.3, 0.4) is 0 Å². The Bertz CT molecular complexity index is 404. The molecule has 0 saturated carbocycles. The summed E-state index contributed by atoms with van der Waals surface area (Å²) in [5.41, 5.74) is -0.816. The van der Waals surface area contributed by atoms with Gasteiger partial charge in [0, 0.05) is 5.54 Å². The fraction of sp³-hybridized carbons (Fsp3) is 0.538. The lowest BCUT2D eigenvalue weighted by Crippen LogP contribution is -2.37. The van der Waals surface area contributed by atoms with E-state index in [1.807, 2.05) is 20.8 Å². The number of alkyl halides is 3. The molecule has 0 heterocycles. The molecule has 5 heteroatoms. The van der Waals surface area contributed by atoms with E-state index in [-0.39, 0.29) is 5.54 Å². The second kappa shape index (κ2) is 5.26. The lowest BCUT2D eigenvalue weighted by atomic mass is 10.1. The van der Waals surface area contributed by atoms with E-state index in [9.17, 15) is 17.6 Å². The average Bonchev–Trinajstić information content (AvgIpc) is 2.17. The standard InChI is InChI=1S/C13H17F4N/c1-12(2,3)18-7-6-9-4-5-11(14)10(8-9)13(15,16)17/h4-5,8,18H,6-7H2,1-3H3. The van der Waals surface area contributed by atoms with Gasteiger partial charge < -0.3 is 5.32 Å². The van der Waals surface area contributed by atoms with Crippen LogP contribution in [0.25, 0.3) is 0 Å². The summed E-state index contributed by atoms with van der Waals surface area (Å²) in [5, 5.41) is 3.17. The number of hydrogen-bond donors (Lipinski definition) is 1. The molecule has 0 radical (unpaired) electrons. The monoisotopic (exact) mass is 263 g/mol. The minimum Gasteiger partial charge on any atom is -0.312 e. The van der Waals surface area contributed by atoms with E-state index >= 15 is 0 Å². The van der Waals surface area contributed by atoms with Crippen molar-refractivity contribution in [1.29, 1.82) is 0 Å². The molecule has 1 N–H and O–H groups in total. The Balaban J connectivity index is 2.74. The van der Waals surface area contributed by atoms with Crippen LogP contribution in [0.4, 0.5) is 17.6 Å². The molecule has 1 rings (SSSR count). The molecule has 1 nitrogen and oxygen atoms in total. The van der Waals surface area contributed by atoms with Gasteiger partial charge >= 0.3 is 6.18 Å². The molecule has 0 fully saturated rings. The summed E-state index contributed by atoms with van der Waals surface area (Å²) in [6, 6.07) is 3.13. The molecule has 0 aliphatic rings. The van der Waals surface area contributed by atoms with E-state index < -0.39 is 17.6 Å². The summed E-state index contributed by atoms with van der Waals surface area (Å²) >= 11 is 0. The third-order valence-corrected chi connectivity index (χ3v) is 2.41. The zero-order chi connectivity index (χ0) is 14.0. The van der Waals surface area contributed by atoms with E-state index in [0.29, 0.717) is 18.5 Å². The maximum Gasteiger partial charge on any atom is 0.419 e. The number of hydrogen-bond acceptors (Lipinski definition) is 1. The summed E-state index contributed by atoms with van der Waals surface area (Å²) in [4.78, 5) is 0. The van der Waals surface area contributed by atoms with Gasteiger partial charge in [0.2, 0.25) is 0 Å². The van der Waals surface area contributed by atoms with Gasteiger partial charge in [0.25, 0.3) is 0 Å². The molecule has 0 aliphatic carbocycles. The molecular weight excluding hydrogens is 246 g/mol. The summed E-state index contributed by atoms with van der Waals surface area (Å²) in [5.74, 6) is -1.23. The summed E-state index contributed by atoms with van der Waals surface area (Å²) in [7, 11) is 0. The third-order valence-electron chi connectivity index (χ3n) is 2.41. The van der Waals surface area contributed by atoms with Gasteiger partial charge in [-0.3, -0.25) is 0 Å². The van der Waals surface area contributed by atoms with Crippen LogP contribution in [0, 0.1) is 5.82 Å². The van der Waals surface area contributed by atoms with Gasteiger partial charge in [0.1, 0.15) is 5.82 Å². The molecule has 102 valence electrons. The normalized spacial score (nSPS) is 12.8. The third kappa shape index (κ3) is 4.64. The van der Waals surface area contributed by atoms with Crippen LogP contribution >= 0.6 is 0 Å². The van der Waals surface area contributed by atoms with Crippen molar-refractivity contribution in [3.63, 3.8) is 0 Å².